The third-order valence-electron chi connectivity index (χ3n) is 0.339. The van der Waals surface area contributed by atoms with Gasteiger partial charge in [0.05, 0.1) is 0 Å². The van der Waals surface area contributed by atoms with E-state index in [1.807, 2.05) is 6.92 Å². The van der Waals surface area contributed by atoms with Gasteiger partial charge in [0.15, 0.2) is 0 Å². The van der Waals surface area contributed by atoms with Gasteiger partial charge in [-0.05, 0) is 5.75 Å². The molecular formula is C4H6Cl2S. The molecule has 0 bridgehead atoms. The lowest BCUT2D eigenvalue weighted by molar-refractivity contribution is 1.54. The average Bonchev–Trinajstić information content (AvgIpc) is 1.61. The zero-order chi connectivity index (χ0) is 5.70. The topological polar surface area (TPSA) is 0 Å². The van der Waals surface area contributed by atoms with Crippen molar-refractivity contribution in [2.24, 2.45) is 0 Å². The van der Waals surface area contributed by atoms with Crippen LogP contribution in [0.4, 0.5) is 0 Å². The van der Waals surface area contributed by atoms with Crippen molar-refractivity contribution in [1.29, 1.82) is 0 Å². The van der Waals surface area contributed by atoms with Crippen molar-refractivity contribution < 1.29 is 0 Å². The Bertz CT molecular complexity index is 66.1. The van der Waals surface area contributed by atoms with Crippen LogP contribution in [0, 0.1) is 0 Å². The quantitative estimate of drug-likeness (QED) is 0.593. The van der Waals surface area contributed by atoms with Crippen molar-refractivity contribution in [2.75, 3.05) is 5.75 Å². The smallest absolute Gasteiger partial charge is 0.113 e. The zero-order valence-corrected chi connectivity index (χ0v) is 6.28. The van der Waals surface area contributed by atoms with E-state index in [9.17, 15) is 0 Å². The van der Waals surface area contributed by atoms with E-state index in [1.165, 1.54) is 0 Å². The molecule has 0 aromatic heterocycles. The summed E-state index contributed by atoms with van der Waals surface area (Å²) in [6.45, 7) is 2.04. The number of halogens is 2. The number of hydrogen-bond acceptors (Lipinski definition) is 1. The second-order valence-corrected chi connectivity index (χ2v) is 3.02. The summed E-state index contributed by atoms with van der Waals surface area (Å²) >= 11 is 12.1. The maximum absolute atomic E-state index is 5.26. The molecule has 0 N–H and O–H groups in total. The van der Waals surface area contributed by atoms with Crippen LogP contribution in [0.2, 0.25) is 0 Å². The Kier molecular flexibility index (Phi) is 5.28. The summed E-state index contributed by atoms with van der Waals surface area (Å²) < 4.78 is 0.340. The number of thioether (sulfide) groups is 1. The Balaban J connectivity index is 3.08. The molecular weight excluding hydrogens is 151 g/mol. The van der Waals surface area contributed by atoms with Crippen LogP contribution in [0.1, 0.15) is 6.92 Å². The van der Waals surface area contributed by atoms with E-state index in [2.05, 4.69) is 0 Å². The molecule has 7 heavy (non-hydrogen) atoms. The predicted molar refractivity (Wildman–Crippen MR) is 37.9 cm³/mol. The van der Waals surface area contributed by atoms with Crippen LogP contribution in [0.3, 0.4) is 0 Å². The van der Waals surface area contributed by atoms with Crippen LogP contribution in [0.25, 0.3) is 0 Å². The molecule has 0 aromatic rings. The van der Waals surface area contributed by atoms with Gasteiger partial charge in [0, 0.05) is 5.41 Å². The minimum atomic E-state index is 0.340. The average molecular weight is 157 g/mol. The highest BCUT2D eigenvalue weighted by molar-refractivity contribution is 8.02. The van der Waals surface area contributed by atoms with Gasteiger partial charge < -0.3 is 0 Å². The Labute approximate surface area is 57.9 Å². The molecule has 0 rings (SSSR count). The van der Waals surface area contributed by atoms with Crippen LogP contribution in [-0.4, -0.2) is 5.75 Å². The molecule has 0 aliphatic carbocycles. The summed E-state index contributed by atoms with van der Waals surface area (Å²) in [5.41, 5.74) is 0. The van der Waals surface area contributed by atoms with Crippen LogP contribution >= 0.6 is 35.0 Å². The zero-order valence-electron chi connectivity index (χ0n) is 3.95. The predicted octanol–water partition coefficient (Wildman–Crippen LogP) is 3.02. The fourth-order valence-corrected chi connectivity index (χ4v) is 0.817. The lowest BCUT2D eigenvalue weighted by Gasteiger charge is -1.81. The molecule has 0 radical (unpaired) electrons. The maximum atomic E-state index is 5.26. The van der Waals surface area contributed by atoms with Crippen LogP contribution < -0.4 is 0 Å². The Hall–Kier alpha value is 0.670. The SMILES string of the molecule is CCSC=C(Cl)Cl. The van der Waals surface area contributed by atoms with Gasteiger partial charge in [-0.1, -0.05) is 30.1 Å². The lowest BCUT2D eigenvalue weighted by Crippen LogP contribution is -1.56. The van der Waals surface area contributed by atoms with Gasteiger partial charge in [-0.2, -0.15) is 0 Å². The third kappa shape index (κ3) is 6.67. The van der Waals surface area contributed by atoms with Crippen LogP contribution in [0.5, 0.6) is 0 Å². The van der Waals surface area contributed by atoms with Gasteiger partial charge >= 0.3 is 0 Å². The summed E-state index contributed by atoms with van der Waals surface area (Å²) in [5.74, 6) is 1.02. The molecule has 0 fully saturated rings. The maximum Gasteiger partial charge on any atom is 0.113 e. The van der Waals surface area contributed by atoms with Crippen molar-refractivity contribution in [3.8, 4) is 0 Å². The largest absolute Gasteiger partial charge is 0.132 e. The van der Waals surface area contributed by atoms with Gasteiger partial charge in [0.2, 0.25) is 0 Å². The first-order valence-electron chi connectivity index (χ1n) is 1.90. The Morgan fingerprint density at radius 1 is 1.71 bits per heavy atom. The molecule has 0 saturated carbocycles. The van der Waals surface area contributed by atoms with E-state index < -0.39 is 0 Å². The van der Waals surface area contributed by atoms with Crippen LogP contribution in [-0.2, 0) is 0 Å². The Morgan fingerprint density at radius 2 is 2.29 bits per heavy atom. The lowest BCUT2D eigenvalue weighted by atomic mass is 11.0. The number of hydrogen-bond donors (Lipinski definition) is 0. The summed E-state index contributed by atoms with van der Waals surface area (Å²) in [6, 6.07) is 0. The van der Waals surface area contributed by atoms with Crippen molar-refractivity contribution in [2.45, 2.75) is 6.92 Å². The fraction of sp³-hybridized carbons (Fsp3) is 0.500. The second-order valence-electron chi connectivity index (χ2n) is 0.863. The molecule has 0 unspecified atom stereocenters. The van der Waals surface area contributed by atoms with Gasteiger partial charge in [-0.15, -0.1) is 11.8 Å². The molecule has 0 heterocycles. The van der Waals surface area contributed by atoms with E-state index in [0.717, 1.165) is 5.75 Å². The number of rotatable bonds is 2. The van der Waals surface area contributed by atoms with Crippen molar-refractivity contribution in [3.63, 3.8) is 0 Å². The third-order valence-corrected chi connectivity index (χ3v) is 1.55. The molecule has 0 aliphatic heterocycles. The van der Waals surface area contributed by atoms with E-state index in [-0.39, 0.29) is 0 Å². The molecule has 3 heteroatoms. The molecule has 0 nitrogen and oxygen atoms in total. The molecule has 0 spiro atoms. The van der Waals surface area contributed by atoms with Gasteiger partial charge in [0.25, 0.3) is 0 Å². The van der Waals surface area contributed by atoms with Gasteiger partial charge in [0.1, 0.15) is 4.49 Å². The van der Waals surface area contributed by atoms with E-state index in [1.54, 1.807) is 17.2 Å². The molecule has 0 aliphatic rings. The highest BCUT2D eigenvalue weighted by Crippen LogP contribution is 2.12. The molecule has 0 aromatic carbocycles. The first-order valence-corrected chi connectivity index (χ1v) is 3.70. The summed E-state index contributed by atoms with van der Waals surface area (Å²) in [6.07, 6.45) is 0. The molecule has 0 saturated heterocycles. The molecule has 42 valence electrons. The van der Waals surface area contributed by atoms with E-state index in [0.29, 0.717) is 4.49 Å². The van der Waals surface area contributed by atoms with E-state index >= 15 is 0 Å². The van der Waals surface area contributed by atoms with E-state index in [4.69, 9.17) is 23.2 Å². The van der Waals surface area contributed by atoms with Crippen molar-refractivity contribution >= 4 is 35.0 Å². The minimum Gasteiger partial charge on any atom is -0.132 e. The monoisotopic (exact) mass is 156 g/mol. The van der Waals surface area contributed by atoms with Gasteiger partial charge in [-0.3, -0.25) is 0 Å². The van der Waals surface area contributed by atoms with Crippen molar-refractivity contribution in [1.82, 2.24) is 0 Å². The summed E-state index contributed by atoms with van der Waals surface area (Å²) in [7, 11) is 0. The normalized spacial score (nSPS) is 8.43. The van der Waals surface area contributed by atoms with Crippen molar-refractivity contribution in [3.05, 3.63) is 9.90 Å². The van der Waals surface area contributed by atoms with Gasteiger partial charge in [-0.25, -0.2) is 0 Å². The molecule has 0 amide bonds. The minimum absolute atomic E-state index is 0.340. The highest BCUT2D eigenvalue weighted by atomic mass is 35.5. The standard InChI is InChI=1S/C4H6Cl2S/c1-2-7-3-4(5)6/h3H,2H2,1H3. The second kappa shape index (κ2) is 4.82. The molecule has 0 atom stereocenters. The first-order chi connectivity index (χ1) is 3.27. The first kappa shape index (κ1) is 7.67. The summed E-state index contributed by atoms with van der Waals surface area (Å²) in [5, 5.41) is 1.71. The van der Waals surface area contributed by atoms with Crippen LogP contribution in [0.15, 0.2) is 9.90 Å². The highest BCUT2D eigenvalue weighted by Gasteiger charge is 1.78. The fourth-order valence-electron chi connectivity index (χ4n) is 0.146. The Morgan fingerprint density at radius 3 is 2.43 bits per heavy atom. The summed E-state index contributed by atoms with van der Waals surface area (Å²) in [4.78, 5) is 0.